The van der Waals surface area contributed by atoms with Crippen LogP contribution >= 0.6 is 0 Å². The highest BCUT2D eigenvalue weighted by Gasteiger charge is 2.22. The Labute approximate surface area is 175 Å². The summed E-state index contributed by atoms with van der Waals surface area (Å²) in [6, 6.07) is 10.7. The second-order valence-electron chi connectivity index (χ2n) is 8.64. The zero-order chi connectivity index (χ0) is 21.0. The van der Waals surface area contributed by atoms with Crippen LogP contribution in [-0.2, 0) is 11.2 Å². The van der Waals surface area contributed by atoms with Crippen LogP contribution in [-0.4, -0.2) is 47.0 Å². The highest BCUT2D eigenvalue weighted by atomic mass is 16.2. The summed E-state index contributed by atoms with van der Waals surface area (Å²) in [5, 5.41) is 0. The lowest BCUT2D eigenvalue weighted by Crippen LogP contribution is -2.49. The van der Waals surface area contributed by atoms with Gasteiger partial charge in [-0.15, -0.1) is 0 Å². The molecule has 5 nitrogen and oxygen atoms in total. The molecule has 0 saturated carbocycles. The SMILES string of the molecule is Cc1cc(N2CCN(C(=O)CCc3ccc(C(C)C)cc3)CC2)nc(C(C)C)n1. The molecule has 0 spiro atoms. The fraction of sp³-hybridized carbons (Fsp3) is 0.542. The van der Waals surface area contributed by atoms with Crippen LogP contribution in [0.25, 0.3) is 0 Å². The summed E-state index contributed by atoms with van der Waals surface area (Å²) in [6.45, 7) is 13.8. The number of carbonyl (C=O) groups excluding carboxylic acids is 1. The number of hydrogen-bond donors (Lipinski definition) is 0. The molecule has 1 fully saturated rings. The Morgan fingerprint density at radius 2 is 1.62 bits per heavy atom. The molecule has 2 heterocycles. The minimum atomic E-state index is 0.249. The molecule has 2 aromatic rings. The van der Waals surface area contributed by atoms with Crippen molar-refractivity contribution in [2.75, 3.05) is 31.1 Å². The first-order chi connectivity index (χ1) is 13.8. The summed E-state index contributed by atoms with van der Waals surface area (Å²) in [5.41, 5.74) is 3.58. The van der Waals surface area contributed by atoms with Gasteiger partial charge in [-0.2, -0.15) is 0 Å². The van der Waals surface area contributed by atoms with Crippen molar-refractivity contribution in [2.45, 2.75) is 59.3 Å². The third-order valence-corrected chi connectivity index (χ3v) is 5.60. The van der Waals surface area contributed by atoms with Gasteiger partial charge in [-0.25, -0.2) is 9.97 Å². The van der Waals surface area contributed by atoms with E-state index in [-0.39, 0.29) is 5.91 Å². The van der Waals surface area contributed by atoms with Crippen molar-refractivity contribution >= 4 is 11.7 Å². The molecule has 0 bridgehead atoms. The zero-order valence-corrected chi connectivity index (χ0v) is 18.5. The van der Waals surface area contributed by atoms with E-state index < -0.39 is 0 Å². The van der Waals surface area contributed by atoms with Gasteiger partial charge in [-0.1, -0.05) is 52.0 Å². The van der Waals surface area contributed by atoms with Gasteiger partial charge in [-0.05, 0) is 30.4 Å². The lowest BCUT2D eigenvalue weighted by molar-refractivity contribution is -0.131. The summed E-state index contributed by atoms with van der Waals surface area (Å²) in [7, 11) is 0. The normalized spacial score (nSPS) is 14.7. The van der Waals surface area contributed by atoms with Gasteiger partial charge in [0.1, 0.15) is 11.6 Å². The van der Waals surface area contributed by atoms with Gasteiger partial charge in [0.2, 0.25) is 5.91 Å². The molecule has 0 atom stereocenters. The van der Waals surface area contributed by atoms with Crippen LogP contribution in [0.2, 0.25) is 0 Å². The first-order valence-electron chi connectivity index (χ1n) is 10.8. The minimum Gasteiger partial charge on any atom is -0.353 e. The van der Waals surface area contributed by atoms with E-state index in [9.17, 15) is 4.79 Å². The van der Waals surface area contributed by atoms with Gasteiger partial charge < -0.3 is 9.80 Å². The van der Waals surface area contributed by atoms with Gasteiger partial charge in [0.15, 0.2) is 0 Å². The van der Waals surface area contributed by atoms with Crippen molar-refractivity contribution in [3.63, 3.8) is 0 Å². The fourth-order valence-electron chi connectivity index (χ4n) is 3.66. The van der Waals surface area contributed by atoms with E-state index >= 15 is 0 Å². The highest BCUT2D eigenvalue weighted by Crippen LogP contribution is 2.19. The van der Waals surface area contributed by atoms with E-state index in [0.29, 0.717) is 18.3 Å². The Balaban J connectivity index is 1.52. The third-order valence-electron chi connectivity index (χ3n) is 5.60. The smallest absolute Gasteiger partial charge is 0.223 e. The van der Waals surface area contributed by atoms with Gasteiger partial charge in [0.05, 0.1) is 0 Å². The van der Waals surface area contributed by atoms with Crippen molar-refractivity contribution < 1.29 is 4.79 Å². The van der Waals surface area contributed by atoms with E-state index in [1.54, 1.807) is 0 Å². The number of nitrogens with zero attached hydrogens (tertiary/aromatic N) is 4. The van der Waals surface area contributed by atoms with Crippen LogP contribution < -0.4 is 4.90 Å². The number of carbonyl (C=O) groups is 1. The van der Waals surface area contributed by atoms with Crippen molar-refractivity contribution in [2.24, 2.45) is 0 Å². The molecule has 1 saturated heterocycles. The minimum absolute atomic E-state index is 0.249. The van der Waals surface area contributed by atoms with Gasteiger partial charge in [0, 0.05) is 50.3 Å². The average molecular weight is 395 g/mol. The predicted molar refractivity (Wildman–Crippen MR) is 119 cm³/mol. The molecule has 29 heavy (non-hydrogen) atoms. The molecule has 0 N–H and O–H groups in total. The van der Waals surface area contributed by atoms with Crippen LogP contribution in [0.15, 0.2) is 30.3 Å². The van der Waals surface area contributed by atoms with E-state index in [2.05, 4.69) is 61.8 Å². The van der Waals surface area contributed by atoms with Crippen LogP contribution in [0.3, 0.4) is 0 Å². The lowest BCUT2D eigenvalue weighted by Gasteiger charge is -2.35. The maximum Gasteiger partial charge on any atom is 0.223 e. The predicted octanol–water partition coefficient (Wildman–Crippen LogP) is 4.31. The van der Waals surface area contributed by atoms with E-state index in [0.717, 1.165) is 49.9 Å². The van der Waals surface area contributed by atoms with Crippen LogP contribution in [0, 0.1) is 6.92 Å². The summed E-state index contributed by atoms with van der Waals surface area (Å²) >= 11 is 0. The van der Waals surface area contributed by atoms with Gasteiger partial charge >= 0.3 is 0 Å². The number of benzene rings is 1. The fourth-order valence-corrected chi connectivity index (χ4v) is 3.66. The number of piperazine rings is 1. The Morgan fingerprint density at radius 1 is 0.966 bits per heavy atom. The van der Waals surface area contributed by atoms with E-state index in [1.165, 1.54) is 11.1 Å². The molecule has 3 rings (SSSR count). The van der Waals surface area contributed by atoms with Crippen LogP contribution in [0.1, 0.15) is 68.6 Å². The number of hydrogen-bond acceptors (Lipinski definition) is 4. The molecule has 1 aromatic heterocycles. The topological polar surface area (TPSA) is 49.3 Å². The van der Waals surface area contributed by atoms with Gasteiger partial charge in [0.25, 0.3) is 0 Å². The Hall–Kier alpha value is -2.43. The maximum atomic E-state index is 12.7. The van der Waals surface area contributed by atoms with Gasteiger partial charge in [-0.3, -0.25) is 4.79 Å². The second kappa shape index (κ2) is 9.38. The highest BCUT2D eigenvalue weighted by molar-refractivity contribution is 5.76. The molecule has 0 radical (unpaired) electrons. The summed E-state index contributed by atoms with van der Waals surface area (Å²) in [4.78, 5) is 26.2. The summed E-state index contributed by atoms with van der Waals surface area (Å²) < 4.78 is 0. The lowest BCUT2D eigenvalue weighted by atomic mass is 10.00. The Bertz CT molecular complexity index is 821. The first-order valence-corrected chi connectivity index (χ1v) is 10.8. The molecule has 0 unspecified atom stereocenters. The molecule has 1 aliphatic rings. The summed E-state index contributed by atoms with van der Waals surface area (Å²) in [6.07, 6.45) is 1.38. The number of rotatable bonds is 6. The van der Waals surface area contributed by atoms with Crippen molar-refractivity contribution in [1.82, 2.24) is 14.9 Å². The van der Waals surface area contributed by atoms with E-state index in [4.69, 9.17) is 4.98 Å². The average Bonchev–Trinajstić information content (AvgIpc) is 2.72. The van der Waals surface area contributed by atoms with Crippen LogP contribution in [0.5, 0.6) is 0 Å². The molecule has 1 amide bonds. The largest absolute Gasteiger partial charge is 0.353 e. The Morgan fingerprint density at radius 3 is 2.21 bits per heavy atom. The molecule has 5 heteroatoms. The van der Waals surface area contributed by atoms with Crippen molar-refractivity contribution in [3.8, 4) is 0 Å². The quantitative estimate of drug-likeness (QED) is 0.732. The molecular weight excluding hydrogens is 360 g/mol. The molecule has 156 valence electrons. The third kappa shape index (κ3) is 5.55. The molecule has 1 aromatic carbocycles. The second-order valence-corrected chi connectivity index (χ2v) is 8.64. The monoisotopic (exact) mass is 394 g/mol. The number of aryl methyl sites for hydroxylation is 2. The number of amides is 1. The Kier molecular flexibility index (Phi) is 6.88. The molecular formula is C24H34N4O. The van der Waals surface area contributed by atoms with Crippen molar-refractivity contribution in [3.05, 3.63) is 53.0 Å². The number of aromatic nitrogens is 2. The zero-order valence-electron chi connectivity index (χ0n) is 18.5. The molecule has 0 aliphatic carbocycles. The maximum absolute atomic E-state index is 12.7. The first kappa shape index (κ1) is 21.3. The standard InChI is InChI=1S/C24H34N4O/c1-17(2)21-9-6-20(7-10-21)8-11-23(29)28-14-12-27(13-15-28)22-16-19(5)25-24(26-22)18(3)4/h6-7,9-10,16-18H,8,11-15H2,1-5H3. The number of anilines is 1. The summed E-state index contributed by atoms with van der Waals surface area (Å²) in [5.74, 6) is 2.98. The van der Waals surface area contributed by atoms with E-state index in [1.807, 2.05) is 17.9 Å². The molecule has 1 aliphatic heterocycles. The van der Waals surface area contributed by atoms with Crippen LogP contribution in [0.4, 0.5) is 5.82 Å². The van der Waals surface area contributed by atoms with Crippen molar-refractivity contribution in [1.29, 1.82) is 0 Å².